The third-order valence-corrected chi connectivity index (χ3v) is 2.22. The van der Waals surface area contributed by atoms with E-state index in [9.17, 15) is 9.59 Å². The SMILES string of the molecule is CCOC(=O)CNCc1ccccc1NC(C)=O. The van der Waals surface area contributed by atoms with Gasteiger partial charge in [0.1, 0.15) is 0 Å². The fraction of sp³-hybridized carbons (Fsp3) is 0.385. The minimum absolute atomic E-state index is 0.118. The van der Waals surface area contributed by atoms with Crippen LogP contribution in [0.25, 0.3) is 0 Å². The summed E-state index contributed by atoms with van der Waals surface area (Å²) in [6, 6.07) is 7.44. The lowest BCUT2D eigenvalue weighted by Gasteiger charge is -2.10. The van der Waals surface area contributed by atoms with Crippen LogP contribution in [0.4, 0.5) is 5.69 Å². The molecule has 0 bridgehead atoms. The smallest absolute Gasteiger partial charge is 0.319 e. The highest BCUT2D eigenvalue weighted by Crippen LogP contribution is 2.14. The zero-order chi connectivity index (χ0) is 13.4. The second kappa shape index (κ2) is 7.45. The summed E-state index contributed by atoms with van der Waals surface area (Å²) in [5, 5.41) is 5.72. The zero-order valence-electron chi connectivity index (χ0n) is 10.7. The van der Waals surface area contributed by atoms with Crippen LogP contribution in [-0.4, -0.2) is 25.0 Å². The maximum absolute atomic E-state index is 11.1. The molecule has 1 aromatic carbocycles. The molecule has 2 N–H and O–H groups in total. The lowest BCUT2D eigenvalue weighted by Crippen LogP contribution is -2.24. The number of carbonyl (C=O) groups is 2. The number of hydrogen-bond acceptors (Lipinski definition) is 4. The summed E-state index contributed by atoms with van der Waals surface area (Å²) in [4.78, 5) is 22.2. The van der Waals surface area contributed by atoms with Gasteiger partial charge >= 0.3 is 5.97 Å². The topological polar surface area (TPSA) is 67.4 Å². The van der Waals surface area contributed by atoms with Crippen molar-refractivity contribution in [3.8, 4) is 0 Å². The van der Waals surface area contributed by atoms with Crippen molar-refractivity contribution in [1.82, 2.24) is 5.32 Å². The van der Waals surface area contributed by atoms with Gasteiger partial charge in [0.2, 0.25) is 5.91 Å². The van der Waals surface area contributed by atoms with Gasteiger partial charge in [-0.1, -0.05) is 18.2 Å². The summed E-state index contributed by atoms with van der Waals surface area (Å²) in [7, 11) is 0. The molecular weight excluding hydrogens is 232 g/mol. The van der Waals surface area contributed by atoms with Gasteiger partial charge in [-0.05, 0) is 18.6 Å². The van der Waals surface area contributed by atoms with Crippen LogP contribution in [0.15, 0.2) is 24.3 Å². The molecule has 0 radical (unpaired) electrons. The van der Waals surface area contributed by atoms with Crippen molar-refractivity contribution in [2.75, 3.05) is 18.5 Å². The highest BCUT2D eigenvalue weighted by molar-refractivity contribution is 5.89. The van der Waals surface area contributed by atoms with Gasteiger partial charge in [-0.15, -0.1) is 0 Å². The number of amides is 1. The minimum Gasteiger partial charge on any atom is -0.465 e. The van der Waals surface area contributed by atoms with Gasteiger partial charge in [-0.25, -0.2) is 0 Å². The number of benzene rings is 1. The number of esters is 1. The van der Waals surface area contributed by atoms with Crippen LogP contribution >= 0.6 is 0 Å². The number of ether oxygens (including phenoxy) is 1. The molecule has 5 nitrogen and oxygen atoms in total. The summed E-state index contributed by atoms with van der Waals surface area (Å²) in [5.41, 5.74) is 1.68. The van der Waals surface area contributed by atoms with Crippen LogP contribution in [0.5, 0.6) is 0 Å². The van der Waals surface area contributed by atoms with Crippen LogP contribution in [0.1, 0.15) is 19.4 Å². The van der Waals surface area contributed by atoms with Crippen LogP contribution in [0.3, 0.4) is 0 Å². The van der Waals surface area contributed by atoms with Crippen LogP contribution in [0.2, 0.25) is 0 Å². The van der Waals surface area contributed by atoms with Gasteiger partial charge in [0, 0.05) is 19.2 Å². The fourth-order valence-corrected chi connectivity index (χ4v) is 1.50. The predicted octanol–water partition coefficient (Wildman–Crippen LogP) is 1.30. The highest BCUT2D eigenvalue weighted by Gasteiger charge is 2.04. The predicted molar refractivity (Wildman–Crippen MR) is 69.1 cm³/mol. The normalized spacial score (nSPS) is 9.89. The van der Waals surface area contributed by atoms with E-state index in [1.807, 2.05) is 24.3 Å². The molecule has 1 amide bonds. The second-order valence-corrected chi connectivity index (χ2v) is 3.75. The van der Waals surface area contributed by atoms with Crippen LogP contribution in [-0.2, 0) is 20.9 Å². The molecule has 98 valence electrons. The molecule has 1 rings (SSSR count). The molecule has 18 heavy (non-hydrogen) atoms. The molecule has 0 aliphatic heterocycles. The van der Waals surface area contributed by atoms with Gasteiger partial charge in [0.05, 0.1) is 13.2 Å². The average molecular weight is 250 g/mol. The third kappa shape index (κ3) is 4.97. The first-order valence-corrected chi connectivity index (χ1v) is 5.85. The fourth-order valence-electron chi connectivity index (χ4n) is 1.50. The van der Waals surface area contributed by atoms with E-state index in [1.165, 1.54) is 6.92 Å². The Hall–Kier alpha value is -1.88. The van der Waals surface area contributed by atoms with Gasteiger partial charge in [-0.3, -0.25) is 9.59 Å². The van der Waals surface area contributed by atoms with E-state index in [2.05, 4.69) is 10.6 Å². The van der Waals surface area contributed by atoms with Crippen molar-refractivity contribution in [1.29, 1.82) is 0 Å². The molecule has 5 heteroatoms. The molecule has 0 aliphatic carbocycles. The standard InChI is InChI=1S/C13H18N2O3/c1-3-18-13(17)9-14-8-11-6-4-5-7-12(11)15-10(2)16/h4-7,14H,3,8-9H2,1-2H3,(H,15,16). The Kier molecular flexibility index (Phi) is 5.87. The Labute approximate surface area is 107 Å². The molecule has 0 aromatic heterocycles. The molecule has 0 heterocycles. The maximum atomic E-state index is 11.1. The third-order valence-electron chi connectivity index (χ3n) is 2.22. The highest BCUT2D eigenvalue weighted by atomic mass is 16.5. The Balaban J connectivity index is 2.51. The van der Waals surface area contributed by atoms with E-state index in [4.69, 9.17) is 4.74 Å². The maximum Gasteiger partial charge on any atom is 0.319 e. The van der Waals surface area contributed by atoms with Crippen molar-refractivity contribution in [2.24, 2.45) is 0 Å². The first-order valence-electron chi connectivity index (χ1n) is 5.85. The van der Waals surface area contributed by atoms with E-state index >= 15 is 0 Å². The minimum atomic E-state index is -0.283. The lowest BCUT2D eigenvalue weighted by atomic mass is 10.1. The monoisotopic (exact) mass is 250 g/mol. The molecule has 0 saturated heterocycles. The van der Waals surface area contributed by atoms with Crippen molar-refractivity contribution >= 4 is 17.6 Å². The van der Waals surface area contributed by atoms with E-state index in [1.54, 1.807) is 6.92 Å². The van der Waals surface area contributed by atoms with Gasteiger partial charge < -0.3 is 15.4 Å². The summed E-state index contributed by atoms with van der Waals surface area (Å²) >= 11 is 0. The van der Waals surface area contributed by atoms with E-state index in [-0.39, 0.29) is 18.4 Å². The summed E-state index contributed by atoms with van der Waals surface area (Å²) < 4.78 is 4.80. The first kappa shape index (κ1) is 14.2. The molecule has 0 saturated carbocycles. The second-order valence-electron chi connectivity index (χ2n) is 3.75. The number of hydrogen-bond donors (Lipinski definition) is 2. The average Bonchev–Trinajstić information content (AvgIpc) is 2.31. The van der Waals surface area contributed by atoms with Gasteiger partial charge in [0.25, 0.3) is 0 Å². The van der Waals surface area contributed by atoms with Gasteiger partial charge in [0.15, 0.2) is 0 Å². The lowest BCUT2D eigenvalue weighted by molar-refractivity contribution is -0.142. The largest absolute Gasteiger partial charge is 0.465 e. The van der Waals surface area contributed by atoms with E-state index in [0.717, 1.165) is 11.3 Å². The Bertz CT molecular complexity index is 418. The Morgan fingerprint density at radius 1 is 1.28 bits per heavy atom. The van der Waals surface area contributed by atoms with Crippen LogP contribution < -0.4 is 10.6 Å². The molecule has 0 fully saturated rings. The number of nitrogens with one attached hydrogen (secondary N) is 2. The number of carbonyl (C=O) groups excluding carboxylic acids is 2. The molecule has 0 spiro atoms. The summed E-state index contributed by atoms with van der Waals surface area (Å²) in [5.74, 6) is -0.401. The quantitative estimate of drug-likeness (QED) is 0.747. The molecule has 0 aliphatic rings. The van der Waals surface area contributed by atoms with Gasteiger partial charge in [-0.2, -0.15) is 0 Å². The molecular formula is C13H18N2O3. The molecule has 1 aromatic rings. The van der Waals surface area contributed by atoms with Crippen LogP contribution in [0, 0.1) is 0 Å². The summed E-state index contributed by atoms with van der Waals surface area (Å²) in [6.07, 6.45) is 0. The molecule has 0 unspecified atom stereocenters. The number of para-hydroxylation sites is 1. The first-order chi connectivity index (χ1) is 8.63. The zero-order valence-corrected chi connectivity index (χ0v) is 10.7. The summed E-state index contributed by atoms with van der Waals surface area (Å²) in [6.45, 7) is 4.26. The number of rotatable bonds is 6. The van der Waals surface area contributed by atoms with Crippen molar-refractivity contribution < 1.29 is 14.3 Å². The Morgan fingerprint density at radius 3 is 2.67 bits per heavy atom. The Morgan fingerprint density at radius 2 is 2.00 bits per heavy atom. The number of anilines is 1. The van der Waals surface area contributed by atoms with E-state index < -0.39 is 0 Å². The van der Waals surface area contributed by atoms with Crippen molar-refractivity contribution in [3.05, 3.63) is 29.8 Å². The van der Waals surface area contributed by atoms with E-state index in [0.29, 0.717) is 13.2 Å². The van der Waals surface area contributed by atoms with Crippen molar-refractivity contribution in [2.45, 2.75) is 20.4 Å². The molecule has 0 atom stereocenters. The van der Waals surface area contributed by atoms with Crippen molar-refractivity contribution in [3.63, 3.8) is 0 Å².